The average molecular weight is 450 g/mol. The maximum atomic E-state index is 12.7. The highest BCUT2D eigenvalue weighted by Crippen LogP contribution is 2.45. The van der Waals surface area contributed by atoms with Crippen molar-refractivity contribution in [1.29, 1.82) is 0 Å². The number of fused-ring (bicyclic) bond motifs is 1. The SMILES string of the molecule is CC(C)(C)c1cc2c(-c3ccc(S(=O)(=O)NC4CCS(O)(O)C4)cc3)ccnc2[nH]1. The van der Waals surface area contributed by atoms with Gasteiger partial charge in [0.2, 0.25) is 10.0 Å². The van der Waals surface area contributed by atoms with Gasteiger partial charge in [-0.1, -0.05) is 32.9 Å². The van der Waals surface area contributed by atoms with Crippen molar-refractivity contribution in [2.24, 2.45) is 0 Å². The number of sulfonamides is 1. The summed E-state index contributed by atoms with van der Waals surface area (Å²) < 4.78 is 47.4. The van der Waals surface area contributed by atoms with E-state index >= 15 is 0 Å². The molecule has 3 aromatic rings. The molecular formula is C21H27N3O4S2. The van der Waals surface area contributed by atoms with Crippen molar-refractivity contribution in [1.82, 2.24) is 14.7 Å². The molecule has 1 aliphatic rings. The molecule has 3 heterocycles. The molecule has 0 spiro atoms. The van der Waals surface area contributed by atoms with E-state index in [2.05, 4.69) is 41.5 Å². The van der Waals surface area contributed by atoms with Crippen LogP contribution in [-0.2, 0) is 15.4 Å². The number of aromatic nitrogens is 2. The largest absolute Gasteiger partial charge is 0.343 e. The molecule has 1 aliphatic heterocycles. The van der Waals surface area contributed by atoms with Crippen LogP contribution in [0.1, 0.15) is 32.9 Å². The summed E-state index contributed by atoms with van der Waals surface area (Å²) in [7, 11) is -6.39. The molecule has 0 saturated carbocycles. The molecular weight excluding hydrogens is 422 g/mol. The van der Waals surface area contributed by atoms with Crippen LogP contribution in [0.2, 0.25) is 0 Å². The Balaban J connectivity index is 1.62. The van der Waals surface area contributed by atoms with Crippen molar-refractivity contribution in [3.8, 4) is 11.1 Å². The molecule has 1 saturated heterocycles. The number of nitrogens with zero attached hydrogens (tertiary/aromatic N) is 1. The minimum Gasteiger partial charge on any atom is -0.343 e. The minimum atomic E-state index is -3.73. The van der Waals surface area contributed by atoms with Gasteiger partial charge >= 0.3 is 0 Å². The predicted octanol–water partition coefficient (Wildman–Crippen LogP) is 4.33. The van der Waals surface area contributed by atoms with E-state index in [1.54, 1.807) is 30.5 Å². The van der Waals surface area contributed by atoms with E-state index in [4.69, 9.17) is 0 Å². The van der Waals surface area contributed by atoms with E-state index in [0.29, 0.717) is 6.42 Å². The average Bonchev–Trinajstić information content (AvgIpc) is 3.24. The zero-order valence-corrected chi connectivity index (χ0v) is 18.8. The van der Waals surface area contributed by atoms with Crippen molar-refractivity contribution in [2.75, 3.05) is 11.5 Å². The van der Waals surface area contributed by atoms with Crippen LogP contribution in [0.5, 0.6) is 0 Å². The molecule has 7 nitrogen and oxygen atoms in total. The number of aromatic amines is 1. The predicted molar refractivity (Wildman–Crippen MR) is 122 cm³/mol. The summed E-state index contributed by atoms with van der Waals surface area (Å²) >= 11 is 0. The molecule has 1 aromatic carbocycles. The van der Waals surface area contributed by atoms with Crippen LogP contribution < -0.4 is 4.72 Å². The van der Waals surface area contributed by atoms with Crippen molar-refractivity contribution >= 4 is 31.6 Å². The molecule has 4 rings (SSSR count). The van der Waals surface area contributed by atoms with E-state index in [0.717, 1.165) is 27.9 Å². The van der Waals surface area contributed by atoms with Crippen LogP contribution in [0.3, 0.4) is 0 Å². The van der Waals surface area contributed by atoms with Gasteiger partial charge in [-0.2, -0.15) is 10.6 Å². The highest BCUT2D eigenvalue weighted by molar-refractivity contribution is 8.24. The van der Waals surface area contributed by atoms with E-state index in [1.165, 1.54) is 0 Å². The Morgan fingerprint density at radius 3 is 2.47 bits per heavy atom. The second-order valence-corrected chi connectivity index (χ2v) is 12.9. The van der Waals surface area contributed by atoms with Gasteiger partial charge in [0.25, 0.3) is 0 Å². The number of benzene rings is 1. The molecule has 0 aliphatic carbocycles. The number of nitrogens with one attached hydrogen (secondary N) is 2. The second kappa shape index (κ2) is 7.35. The highest BCUT2D eigenvalue weighted by Gasteiger charge is 2.31. The van der Waals surface area contributed by atoms with Crippen molar-refractivity contribution in [2.45, 2.75) is 43.5 Å². The van der Waals surface area contributed by atoms with Crippen LogP contribution in [0.15, 0.2) is 47.5 Å². The lowest BCUT2D eigenvalue weighted by atomic mass is 9.92. The van der Waals surface area contributed by atoms with Crippen molar-refractivity contribution in [3.63, 3.8) is 0 Å². The van der Waals surface area contributed by atoms with Gasteiger partial charge in [-0.25, -0.2) is 18.1 Å². The molecule has 4 N–H and O–H groups in total. The van der Waals surface area contributed by atoms with Gasteiger partial charge in [0, 0.05) is 34.5 Å². The smallest absolute Gasteiger partial charge is 0.240 e. The van der Waals surface area contributed by atoms with Crippen LogP contribution in [-0.4, -0.2) is 45.0 Å². The van der Waals surface area contributed by atoms with E-state index in [9.17, 15) is 17.5 Å². The first-order valence-corrected chi connectivity index (χ1v) is 13.2. The van der Waals surface area contributed by atoms with Gasteiger partial charge in [0.05, 0.1) is 10.6 Å². The van der Waals surface area contributed by atoms with Gasteiger partial charge in [-0.05, 0) is 41.8 Å². The Kier molecular flexibility index (Phi) is 5.22. The fraction of sp³-hybridized carbons (Fsp3) is 0.381. The first-order valence-electron chi connectivity index (χ1n) is 9.79. The summed E-state index contributed by atoms with van der Waals surface area (Å²) in [5, 5.41) is 0.993. The molecule has 0 radical (unpaired) electrons. The summed E-state index contributed by atoms with van der Waals surface area (Å²) in [6, 6.07) is 10.3. The standard InChI is InChI=1S/C21H27N3O4S2/c1-21(2,3)19-12-18-17(8-10-22-20(18)23-19)14-4-6-16(7-5-14)30(27,28)24-15-9-11-29(25,26)13-15/h4-8,10,12,15,24-26H,9,11,13H2,1-3H3,(H,22,23). The first kappa shape index (κ1) is 21.3. The zero-order chi connectivity index (χ0) is 21.7. The lowest BCUT2D eigenvalue weighted by Gasteiger charge is -2.26. The van der Waals surface area contributed by atoms with Gasteiger partial charge in [0.15, 0.2) is 0 Å². The third-order valence-corrected chi connectivity index (χ3v) is 8.76. The number of hydrogen-bond donors (Lipinski definition) is 4. The number of hydrogen-bond acceptors (Lipinski definition) is 5. The summed E-state index contributed by atoms with van der Waals surface area (Å²) in [4.78, 5) is 7.96. The molecule has 0 bridgehead atoms. The lowest BCUT2D eigenvalue weighted by Crippen LogP contribution is -2.35. The molecule has 9 heteroatoms. The van der Waals surface area contributed by atoms with Crippen LogP contribution in [0.4, 0.5) is 0 Å². The van der Waals surface area contributed by atoms with Crippen LogP contribution in [0, 0.1) is 0 Å². The normalized spacial score (nSPS) is 20.5. The molecule has 1 unspecified atom stereocenters. The summed E-state index contributed by atoms with van der Waals surface area (Å²) in [5.74, 6) is 0.313. The molecule has 162 valence electrons. The van der Waals surface area contributed by atoms with E-state index in [-0.39, 0.29) is 21.8 Å². The molecule has 30 heavy (non-hydrogen) atoms. The van der Waals surface area contributed by atoms with Crippen molar-refractivity contribution in [3.05, 3.63) is 48.3 Å². The Morgan fingerprint density at radius 2 is 1.87 bits per heavy atom. The maximum Gasteiger partial charge on any atom is 0.240 e. The van der Waals surface area contributed by atoms with Gasteiger partial charge in [-0.3, -0.25) is 9.11 Å². The number of pyridine rings is 1. The van der Waals surface area contributed by atoms with Crippen molar-refractivity contribution < 1.29 is 17.5 Å². The van der Waals surface area contributed by atoms with E-state index in [1.807, 2.05) is 6.07 Å². The summed E-state index contributed by atoms with van der Waals surface area (Å²) in [5.41, 5.74) is 3.73. The number of rotatable bonds is 4. The second-order valence-electron chi connectivity index (χ2n) is 8.86. The number of H-pyrrole nitrogens is 1. The fourth-order valence-corrected chi connectivity index (χ4v) is 6.80. The molecule has 2 aromatic heterocycles. The Hall–Kier alpha value is -1.91. The highest BCUT2D eigenvalue weighted by atomic mass is 32.3. The third kappa shape index (κ3) is 4.26. The molecule has 0 amide bonds. The van der Waals surface area contributed by atoms with Crippen LogP contribution >= 0.6 is 10.6 Å². The third-order valence-electron chi connectivity index (χ3n) is 5.40. The van der Waals surface area contributed by atoms with E-state index < -0.39 is 26.7 Å². The fourth-order valence-electron chi connectivity index (χ4n) is 3.70. The Bertz CT molecular complexity index is 1180. The summed E-state index contributed by atoms with van der Waals surface area (Å²) in [6.07, 6.45) is 2.17. The zero-order valence-electron chi connectivity index (χ0n) is 17.2. The lowest BCUT2D eigenvalue weighted by molar-refractivity contribution is 0.494. The Labute approximate surface area is 178 Å². The van der Waals surface area contributed by atoms with Gasteiger partial charge < -0.3 is 4.98 Å². The quantitative estimate of drug-likeness (QED) is 0.473. The molecule has 1 fully saturated rings. The summed E-state index contributed by atoms with van der Waals surface area (Å²) in [6.45, 7) is 6.40. The minimum absolute atomic E-state index is 0.0374. The molecule has 1 atom stereocenters. The van der Waals surface area contributed by atoms with Gasteiger partial charge in [-0.15, -0.1) is 0 Å². The monoisotopic (exact) mass is 449 g/mol. The van der Waals surface area contributed by atoms with Gasteiger partial charge in [0.1, 0.15) is 5.65 Å². The Morgan fingerprint density at radius 1 is 1.17 bits per heavy atom. The topological polar surface area (TPSA) is 115 Å². The first-order chi connectivity index (χ1) is 13.9. The maximum absolute atomic E-state index is 12.7. The van der Waals surface area contributed by atoms with Crippen LogP contribution in [0.25, 0.3) is 22.2 Å².